The van der Waals surface area contributed by atoms with E-state index in [1.54, 1.807) is 0 Å². The molecule has 2 aromatic rings. The summed E-state index contributed by atoms with van der Waals surface area (Å²) >= 11 is 0. The molecule has 4 rings (SSSR count). The maximum atomic E-state index is 12.2. The molecule has 1 fully saturated rings. The Morgan fingerprint density at radius 2 is 2.09 bits per heavy atom. The lowest BCUT2D eigenvalue weighted by atomic mass is 10.1. The molecule has 2 heterocycles. The second-order valence-corrected chi connectivity index (χ2v) is 6.00. The number of aromatic nitrogens is 1. The van der Waals surface area contributed by atoms with E-state index in [1.165, 1.54) is 0 Å². The fraction of sp³-hybridized carbons (Fsp3) is 0.412. The van der Waals surface area contributed by atoms with Crippen LogP contribution in [0, 0.1) is 12.8 Å². The van der Waals surface area contributed by atoms with E-state index < -0.39 is 0 Å². The number of nitrogens with zero attached hydrogens (tertiary/aromatic N) is 1. The van der Waals surface area contributed by atoms with Gasteiger partial charge in [0.2, 0.25) is 5.91 Å². The van der Waals surface area contributed by atoms with Gasteiger partial charge in [0.05, 0.1) is 6.54 Å². The maximum absolute atomic E-state index is 12.2. The quantitative estimate of drug-likeness (QED) is 0.936. The summed E-state index contributed by atoms with van der Waals surface area (Å²) in [7, 11) is 0. The van der Waals surface area contributed by atoms with Gasteiger partial charge in [0.1, 0.15) is 24.7 Å². The molecule has 6 heteroatoms. The zero-order chi connectivity index (χ0) is 15.8. The van der Waals surface area contributed by atoms with E-state index in [1.807, 2.05) is 31.2 Å². The van der Waals surface area contributed by atoms with Crippen molar-refractivity contribution in [2.75, 3.05) is 13.2 Å². The molecule has 0 bridgehead atoms. The van der Waals surface area contributed by atoms with E-state index in [0.717, 1.165) is 34.9 Å². The van der Waals surface area contributed by atoms with Gasteiger partial charge in [-0.15, -0.1) is 0 Å². The molecule has 2 aliphatic rings. The fourth-order valence-electron chi connectivity index (χ4n) is 2.95. The third-order valence-corrected chi connectivity index (χ3v) is 4.24. The number of hydrogen-bond donors (Lipinski definition) is 1. The molecule has 1 aromatic carbocycles. The third kappa shape index (κ3) is 2.88. The predicted octanol–water partition coefficient (Wildman–Crippen LogP) is 2.17. The van der Waals surface area contributed by atoms with Crippen LogP contribution in [0.25, 0.3) is 0 Å². The summed E-state index contributed by atoms with van der Waals surface area (Å²) in [5, 5.41) is 6.79. The first-order valence-corrected chi connectivity index (χ1v) is 7.80. The van der Waals surface area contributed by atoms with Crippen molar-refractivity contribution < 1.29 is 18.8 Å². The maximum Gasteiger partial charge on any atom is 0.224 e. The Bertz CT molecular complexity index is 740. The van der Waals surface area contributed by atoms with Crippen LogP contribution in [0.1, 0.15) is 29.4 Å². The van der Waals surface area contributed by atoms with E-state index in [9.17, 15) is 4.79 Å². The molecule has 2 atom stereocenters. The monoisotopic (exact) mass is 314 g/mol. The third-order valence-electron chi connectivity index (χ3n) is 4.24. The Kier molecular flexibility index (Phi) is 3.44. The van der Waals surface area contributed by atoms with Crippen molar-refractivity contribution in [2.24, 2.45) is 5.92 Å². The van der Waals surface area contributed by atoms with E-state index in [2.05, 4.69) is 10.5 Å². The first kappa shape index (κ1) is 14.1. The first-order chi connectivity index (χ1) is 11.2. The Hall–Kier alpha value is -2.50. The standard InChI is InChI=1S/C17H18N2O4/c1-10-6-12(19-23-10)9-18-17(20)14-8-13(14)11-2-3-15-16(7-11)22-5-4-21-15/h2-3,6-7,13-14H,4-5,8-9H2,1H3,(H,18,20)/t13-,14-/m0/s1. The molecule has 120 valence electrons. The highest BCUT2D eigenvalue weighted by Gasteiger charge is 2.44. The number of nitrogens with one attached hydrogen (secondary N) is 1. The number of carbonyl (C=O) groups is 1. The number of amides is 1. The van der Waals surface area contributed by atoms with Gasteiger partial charge in [-0.1, -0.05) is 11.2 Å². The SMILES string of the molecule is Cc1cc(CNC(=O)[C@H]2C[C@H]2c2ccc3c(c2)OCCO3)no1. The summed E-state index contributed by atoms with van der Waals surface area (Å²) in [5.74, 6) is 2.64. The predicted molar refractivity (Wildman–Crippen MR) is 81.4 cm³/mol. The first-order valence-electron chi connectivity index (χ1n) is 7.80. The lowest BCUT2D eigenvalue weighted by molar-refractivity contribution is -0.122. The number of carbonyl (C=O) groups excluding carboxylic acids is 1. The number of fused-ring (bicyclic) bond motifs is 1. The molecule has 1 N–H and O–H groups in total. The molecule has 0 saturated heterocycles. The van der Waals surface area contributed by atoms with Crippen molar-refractivity contribution in [3.8, 4) is 11.5 Å². The van der Waals surface area contributed by atoms with Crippen molar-refractivity contribution in [1.82, 2.24) is 10.5 Å². The van der Waals surface area contributed by atoms with Crippen LogP contribution in [0.5, 0.6) is 11.5 Å². The van der Waals surface area contributed by atoms with Crippen molar-refractivity contribution in [3.63, 3.8) is 0 Å². The molecule has 6 nitrogen and oxygen atoms in total. The number of benzene rings is 1. The molecule has 0 radical (unpaired) electrons. The van der Waals surface area contributed by atoms with Gasteiger partial charge in [0, 0.05) is 12.0 Å². The van der Waals surface area contributed by atoms with Crippen LogP contribution in [0.4, 0.5) is 0 Å². The Morgan fingerprint density at radius 3 is 2.87 bits per heavy atom. The summed E-state index contributed by atoms with van der Waals surface area (Å²) < 4.78 is 16.1. The zero-order valence-electron chi connectivity index (χ0n) is 12.9. The molecule has 1 aliphatic carbocycles. The minimum absolute atomic E-state index is 0.0190. The Labute approximate surface area is 133 Å². The Balaban J connectivity index is 1.36. The number of hydrogen-bond acceptors (Lipinski definition) is 5. The van der Waals surface area contributed by atoms with Crippen molar-refractivity contribution in [2.45, 2.75) is 25.8 Å². The van der Waals surface area contributed by atoms with Gasteiger partial charge < -0.3 is 19.3 Å². The highest BCUT2D eigenvalue weighted by Crippen LogP contribution is 2.49. The summed E-state index contributed by atoms with van der Waals surface area (Å²) in [5.41, 5.74) is 1.87. The molecule has 0 unspecified atom stereocenters. The molecule has 1 aliphatic heterocycles. The molecular formula is C17H18N2O4. The van der Waals surface area contributed by atoms with Crippen LogP contribution in [-0.2, 0) is 11.3 Å². The minimum Gasteiger partial charge on any atom is -0.486 e. The second kappa shape index (κ2) is 5.61. The van der Waals surface area contributed by atoms with Gasteiger partial charge in [0.25, 0.3) is 0 Å². The van der Waals surface area contributed by atoms with Gasteiger partial charge in [-0.3, -0.25) is 4.79 Å². The fourth-order valence-corrected chi connectivity index (χ4v) is 2.95. The van der Waals surface area contributed by atoms with Gasteiger partial charge in [-0.2, -0.15) is 0 Å². The number of aryl methyl sites for hydroxylation is 1. The highest BCUT2D eigenvalue weighted by molar-refractivity contribution is 5.82. The minimum atomic E-state index is 0.0190. The lowest BCUT2D eigenvalue weighted by Crippen LogP contribution is -2.25. The molecule has 1 amide bonds. The molecule has 1 saturated carbocycles. The average molecular weight is 314 g/mol. The summed E-state index contributed by atoms with van der Waals surface area (Å²) in [6, 6.07) is 7.76. The van der Waals surface area contributed by atoms with Crippen molar-refractivity contribution in [1.29, 1.82) is 0 Å². The van der Waals surface area contributed by atoms with Crippen LogP contribution >= 0.6 is 0 Å². The van der Waals surface area contributed by atoms with Gasteiger partial charge >= 0.3 is 0 Å². The van der Waals surface area contributed by atoms with Crippen LogP contribution in [0.15, 0.2) is 28.8 Å². The van der Waals surface area contributed by atoms with Crippen LogP contribution in [0.2, 0.25) is 0 Å². The van der Waals surface area contributed by atoms with Gasteiger partial charge in [-0.25, -0.2) is 0 Å². The summed E-state index contributed by atoms with van der Waals surface area (Å²) in [6.45, 7) is 3.39. The number of ether oxygens (including phenoxy) is 2. The average Bonchev–Trinajstić information content (AvgIpc) is 3.27. The lowest BCUT2D eigenvalue weighted by Gasteiger charge is -2.18. The van der Waals surface area contributed by atoms with Crippen molar-refractivity contribution in [3.05, 3.63) is 41.3 Å². The zero-order valence-corrected chi connectivity index (χ0v) is 12.9. The van der Waals surface area contributed by atoms with Crippen molar-refractivity contribution >= 4 is 5.91 Å². The Morgan fingerprint density at radius 1 is 1.26 bits per heavy atom. The van der Waals surface area contributed by atoms with E-state index in [4.69, 9.17) is 14.0 Å². The largest absolute Gasteiger partial charge is 0.486 e. The smallest absolute Gasteiger partial charge is 0.224 e. The highest BCUT2D eigenvalue weighted by atomic mass is 16.6. The molecule has 0 spiro atoms. The van der Waals surface area contributed by atoms with E-state index >= 15 is 0 Å². The number of rotatable bonds is 4. The normalized spacial score (nSPS) is 21.8. The van der Waals surface area contributed by atoms with Gasteiger partial charge in [-0.05, 0) is 37.0 Å². The second-order valence-electron chi connectivity index (χ2n) is 6.00. The molecular weight excluding hydrogens is 296 g/mol. The molecule has 1 aromatic heterocycles. The summed E-state index contributed by atoms with van der Waals surface area (Å²) in [4.78, 5) is 12.2. The summed E-state index contributed by atoms with van der Waals surface area (Å²) in [6.07, 6.45) is 0.864. The molecule has 23 heavy (non-hydrogen) atoms. The topological polar surface area (TPSA) is 73.6 Å². The van der Waals surface area contributed by atoms with Gasteiger partial charge in [0.15, 0.2) is 11.5 Å². The van der Waals surface area contributed by atoms with Crippen LogP contribution < -0.4 is 14.8 Å². The van der Waals surface area contributed by atoms with E-state index in [-0.39, 0.29) is 17.7 Å². The van der Waals surface area contributed by atoms with Crippen LogP contribution in [-0.4, -0.2) is 24.3 Å². The van der Waals surface area contributed by atoms with Crippen LogP contribution in [0.3, 0.4) is 0 Å². The van der Waals surface area contributed by atoms with E-state index in [0.29, 0.717) is 19.8 Å².